The highest BCUT2D eigenvalue weighted by Crippen LogP contribution is 2.27. The number of hydrogen-bond acceptors (Lipinski definition) is 2. The molecule has 0 saturated heterocycles. The first-order valence-electron chi connectivity index (χ1n) is 7.02. The molecule has 0 amide bonds. The normalized spacial score (nSPS) is 12.0. The number of carbonyl (C=O) groups excluding carboxylic acids is 1. The van der Waals surface area contributed by atoms with E-state index in [1.54, 1.807) is 6.92 Å². The minimum Gasteiger partial charge on any atom is -0.288 e. The molecule has 1 nitrogen and oxygen atoms in total. The Morgan fingerprint density at radius 1 is 1.15 bits per heavy atom. The van der Waals surface area contributed by atoms with E-state index in [0.29, 0.717) is 5.25 Å². The number of rotatable bonds is 7. The van der Waals surface area contributed by atoms with E-state index in [4.69, 9.17) is 0 Å². The van der Waals surface area contributed by atoms with Crippen LogP contribution in [0, 0.1) is 0 Å². The van der Waals surface area contributed by atoms with Gasteiger partial charge >= 0.3 is 0 Å². The van der Waals surface area contributed by atoms with Crippen molar-refractivity contribution in [1.29, 1.82) is 0 Å². The standard InChI is InChI=1S/C17H23BrOS/c1-13(2)17(18)12-11-16(20-14(3)19)10-9-15-7-5-4-6-8-15/h4-8,16H,9-12H2,1-3H3. The lowest BCUT2D eigenvalue weighted by atomic mass is 10.1. The van der Waals surface area contributed by atoms with E-state index in [2.05, 4.69) is 54.0 Å². The Labute approximate surface area is 135 Å². The summed E-state index contributed by atoms with van der Waals surface area (Å²) in [6, 6.07) is 10.5. The number of carbonyl (C=O) groups is 1. The lowest BCUT2D eigenvalue weighted by Gasteiger charge is -2.15. The summed E-state index contributed by atoms with van der Waals surface area (Å²) in [6.07, 6.45) is 4.15. The third kappa shape index (κ3) is 7.30. The van der Waals surface area contributed by atoms with E-state index < -0.39 is 0 Å². The maximum atomic E-state index is 11.4. The van der Waals surface area contributed by atoms with Crippen molar-refractivity contribution in [2.45, 2.75) is 51.7 Å². The van der Waals surface area contributed by atoms with Crippen LogP contribution in [0.15, 0.2) is 40.4 Å². The summed E-state index contributed by atoms with van der Waals surface area (Å²) in [5.41, 5.74) is 2.67. The molecule has 0 heterocycles. The third-order valence-electron chi connectivity index (χ3n) is 3.16. The fourth-order valence-electron chi connectivity index (χ4n) is 2.01. The fraction of sp³-hybridized carbons (Fsp3) is 0.471. The average Bonchev–Trinajstić information content (AvgIpc) is 2.42. The number of benzene rings is 1. The minimum absolute atomic E-state index is 0.219. The maximum Gasteiger partial charge on any atom is 0.186 e. The molecular weight excluding hydrogens is 332 g/mol. The van der Waals surface area contributed by atoms with E-state index in [9.17, 15) is 4.79 Å². The summed E-state index contributed by atoms with van der Waals surface area (Å²) >= 11 is 5.11. The molecule has 3 heteroatoms. The molecule has 0 radical (unpaired) electrons. The molecule has 0 bridgehead atoms. The first-order valence-corrected chi connectivity index (χ1v) is 8.69. The molecule has 0 fully saturated rings. The highest BCUT2D eigenvalue weighted by Gasteiger charge is 2.13. The van der Waals surface area contributed by atoms with Crippen molar-refractivity contribution in [3.63, 3.8) is 0 Å². The fourth-order valence-corrected chi connectivity index (χ4v) is 3.18. The Kier molecular flexibility index (Phi) is 8.24. The van der Waals surface area contributed by atoms with Crippen LogP contribution in [-0.2, 0) is 11.2 Å². The number of aryl methyl sites for hydroxylation is 1. The van der Waals surface area contributed by atoms with Crippen LogP contribution in [0.2, 0.25) is 0 Å². The molecule has 0 aromatic heterocycles. The van der Waals surface area contributed by atoms with Crippen molar-refractivity contribution >= 4 is 32.8 Å². The topological polar surface area (TPSA) is 17.1 Å². The van der Waals surface area contributed by atoms with Gasteiger partial charge in [-0.2, -0.15) is 0 Å². The highest BCUT2D eigenvalue weighted by molar-refractivity contribution is 9.11. The van der Waals surface area contributed by atoms with Crippen LogP contribution < -0.4 is 0 Å². The minimum atomic E-state index is 0.219. The molecular formula is C17H23BrOS. The van der Waals surface area contributed by atoms with Crippen molar-refractivity contribution in [2.24, 2.45) is 0 Å². The van der Waals surface area contributed by atoms with E-state index >= 15 is 0 Å². The average molecular weight is 355 g/mol. The Morgan fingerprint density at radius 3 is 2.35 bits per heavy atom. The van der Waals surface area contributed by atoms with Gasteiger partial charge in [-0.25, -0.2) is 0 Å². The number of halogens is 1. The van der Waals surface area contributed by atoms with Crippen molar-refractivity contribution in [1.82, 2.24) is 0 Å². The smallest absolute Gasteiger partial charge is 0.186 e. The highest BCUT2D eigenvalue weighted by atomic mass is 79.9. The number of hydrogen-bond donors (Lipinski definition) is 0. The molecule has 1 unspecified atom stereocenters. The van der Waals surface area contributed by atoms with Crippen LogP contribution in [0.25, 0.3) is 0 Å². The quantitative estimate of drug-likeness (QED) is 0.621. The zero-order valence-electron chi connectivity index (χ0n) is 12.5. The van der Waals surface area contributed by atoms with Crippen molar-refractivity contribution in [3.8, 4) is 0 Å². The molecule has 1 aromatic rings. The molecule has 0 N–H and O–H groups in total. The van der Waals surface area contributed by atoms with Gasteiger partial charge < -0.3 is 0 Å². The van der Waals surface area contributed by atoms with Gasteiger partial charge in [-0.1, -0.05) is 63.6 Å². The maximum absolute atomic E-state index is 11.4. The third-order valence-corrected chi connectivity index (χ3v) is 5.48. The molecule has 0 spiro atoms. The largest absolute Gasteiger partial charge is 0.288 e. The van der Waals surface area contributed by atoms with Crippen LogP contribution in [-0.4, -0.2) is 10.4 Å². The molecule has 110 valence electrons. The predicted molar refractivity (Wildman–Crippen MR) is 93.4 cm³/mol. The van der Waals surface area contributed by atoms with Gasteiger partial charge in [-0.15, -0.1) is 0 Å². The van der Waals surface area contributed by atoms with Gasteiger partial charge in [0.05, 0.1) is 0 Å². The van der Waals surface area contributed by atoms with Gasteiger partial charge in [-0.3, -0.25) is 4.79 Å². The van der Waals surface area contributed by atoms with E-state index in [-0.39, 0.29) is 5.12 Å². The zero-order chi connectivity index (χ0) is 15.0. The van der Waals surface area contributed by atoms with Crippen LogP contribution in [0.4, 0.5) is 0 Å². The molecule has 0 aliphatic carbocycles. The van der Waals surface area contributed by atoms with Gasteiger partial charge in [0.25, 0.3) is 0 Å². The Morgan fingerprint density at radius 2 is 1.80 bits per heavy atom. The first-order chi connectivity index (χ1) is 9.49. The molecule has 1 atom stereocenters. The SMILES string of the molecule is CC(=O)SC(CCC(Br)=C(C)C)CCc1ccccc1. The Hall–Kier alpha value is -0.540. The molecule has 0 aliphatic rings. The van der Waals surface area contributed by atoms with E-state index in [1.807, 2.05) is 6.07 Å². The van der Waals surface area contributed by atoms with Crippen LogP contribution in [0.5, 0.6) is 0 Å². The second kappa shape index (κ2) is 9.41. The number of allylic oxidation sites excluding steroid dienone is 2. The van der Waals surface area contributed by atoms with Gasteiger partial charge in [0.15, 0.2) is 5.12 Å². The zero-order valence-corrected chi connectivity index (χ0v) is 14.9. The second-order valence-electron chi connectivity index (χ2n) is 5.20. The summed E-state index contributed by atoms with van der Waals surface area (Å²) < 4.78 is 1.27. The van der Waals surface area contributed by atoms with Gasteiger partial charge in [0, 0.05) is 12.2 Å². The van der Waals surface area contributed by atoms with Crippen molar-refractivity contribution < 1.29 is 4.79 Å². The van der Waals surface area contributed by atoms with Crippen LogP contribution in [0.1, 0.15) is 45.6 Å². The Balaban J connectivity index is 2.51. The van der Waals surface area contributed by atoms with Crippen LogP contribution >= 0.6 is 27.7 Å². The summed E-state index contributed by atoms with van der Waals surface area (Å²) in [7, 11) is 0. The van der Waals surface area contributed by atoms with Gasteiger partial charge in [-0.05, 0) is 49.6 Å². The van der Waals surface area contributed by atoms with E-state index in [0.717, 1.165) is 25.7 Å². The summed E-state index contributed by atoms with van der Waals surface area (Å²) in [5.74, 6) is 0. The van der Waals surface area contributed by atoms with E-state index in [1.165, 1.54) is 27.4 Å². The molecule has 20 heavy (non-hydrogen) atoms. The first kappa shape index (κ1) is 17.5. The predicted octanol–water partition coefficient (Wildman–Crippen LogP) is 5.74. The summed E-state index contributed by atoms with van der Waals surface area (Å²) in [5, 5.41) is 0.621. The van der Waals surface area contributed by atoms with Gasteiger partial charge in [0.2, 0.25) is 0 Å². The number of thioether (sulfide) groups is 1. The second-order valence-corrected chi connectivity index (χ2v) is 7.63. The molecule has 1 aromatic carbocycles. The summed E-state index contributed by atoms with van der Waals surface area (Å²) in [6.45, 7) is 5.89. The lowest BCUT2D eigenvalue weighted by molar-refractivity contribution is -0.109. The van der Waals surface area contributed by atoms with Gasteiger partial charge in [0.1, 0.15) is 0 Å². The monoisotopic (exact) mass is 354 g/mol. The molecule has 0 aliphatic heterocycles. The Bertz CT molecular complexity index is 449. The molecule has 1 rings (SSSR count). The summed E-state index contributed by atoms with van der Waals surface area (Å²) in [4.78, 5) is 11.4. The lowest BCUT2D eigenvalue weighted by Crippen LogP contribution is -2.07. The van der Waals surface area contributed by atoms with Crippen molar-refractivity contribution in [2.75, 3.05) is 0 Å². The van der Waals surface area contributed by atoms with Crippen molar-refractivity contribution in [3.05, 3.63) is 46.0 Å². The molecule has 0 saturated carbocycles. The van der Waals surface area contributed by atoms with Crippen LogP contribution in [0.3, 0.4) is 0 Å².